The monoisotopic (exact) mass is 467 g/mol. The standard InChI is InChI=1S/C20H16F3N3O5S/c1-11(27)30-17-10-32-19(25-17)26-18(28)24-15-9-12(20(21,22)23)3-8-16(15)31-14-6-4-13(29-2)5-7-14/h3-10H,1-2H3,(H2,24,25,26,28). The van der Waals surface area contributed by atoms with Crippen molar-refractivity contribution >= 4 is 34.2 Å². The van der Waals surface area contributed by atoms with Crippen LogP contribution in [0.2, 0.25) is 0 Å². The van der Waals surface area contributed by atoms with Gasteiger partial charge in [-0.25, -0.2) is 4.79 Å². The fraction of sp³-hybridized carbons (Fsp3) is 0.150. The highest BCUT2D eigenvalue weighted by Gasteiger charge is 2.31. The first-order valence-electron chi connectivity index (χ1n) is 8.89. The largest absolute Gasteiger partial charge is 0.497 e. The van der Waals surface area contributed by atoms with Crippen molar-refractivity contribution in [3.63, 3.8) is 0 Å². The van der Waals surface area contributed by atoms with Gasteiger partial charge in [0.2, 0.25) is 5.88 Å². The number of benzene rings is 2. The highest BCUT2D eigenvalue weighted by Crippen LogP contribution is 2.37. The SMILES string of the molecule is COc1ccc(Oc2ccc(C(F)(F)F)cc2NC(=O)Nc2nc(OC(C)=O)cs2)cc1. The summed E-state index contributed by atoms with van der Waals surface area (Å²) in [5.41, 5.74) is -1.19. The van der Waals surface area contributed by atoms with E-state index in [0.717, 1.165) is 29.5 Å². The van der Waals surface area contributed by atoms with E-state index >= 15 is 0 Å². The summed E-state index contributed by atoms with van der Waals surface area (Å²) < 4.78 is 55.0. The molecule has 1 heterocycles. The zero-order valence-electron chi connectivity index (χ0n) is 16.6. The number of nitrogens with zero attached hydrogens (tertiary/aromatic N) is 1. The smallest absolute Gasteiger partial charge is 0.416 e. The lowest BCUT2D eigenvalue weighted by atomic mass is 10.1. The first-order valence-corrected chi connectivity index (χ1v) is 9.77. The van der Waals surface area contributed by atoms with Crippen LogP contribution in [0.25, 0.3) is 0 Å². The average molecular weight is 467 g/mol. The molecular weight excluding hydrogens is 451 g/mol. The van der Waals surface area contributed by atoms with Gasteiger partial charge in [0.25, 0.3) is 0 Å². The molecule has 2 aromatic carbocycles. The maximum Gasteiger partial charge on any atom is 0.416 e. The number of carbonyl (C=O) groups is 2. The van der Waals surface area contributed by atoms with E-state index in [1.165, 1.54) is 19.4 Å². The predicted molar refractivity (Wildman–Crippen MR) is 111 cm³/mol. The summed E-state index contributed by atoms with van der Waals surface area (Å²) in [6.45, 7) is 1.19. The van der Waals surface area contributed by atoms with E-state index in [4.69, 9.17) is 14.2 Å². The number of rotatable bonds is 6. The maximum absolute atomic E-state index is 13.2. The Hall–Kier alpha value is -3.80. The van der Waals surface area contributed by atoms with Crippen molar-refractivity contribution < 1.29 is 37.0 Å². The summed E-state index contributed by atoms with van der Waals surface area (Å²) in [6.07, 6.45) is -4.63. The molecule has 0 aliphatic rings. The molecule has 0 aliphatic carbocycles. The number of anilines is 2. The number of thiazole rings is 1. The lowest BCUT2D eigenvalue weighted by Crippen LogP contribution is -2.20. The maximum atomic E-state index is 13.2. The normalized spacial score (nSPS) is 10.9. The summed E-state index contributed by atoms with van der Waals surface area (Å²) >= 11 is 0.965. The molecule has 1 aromatic heterocycles. The van der Waals surface area contributed by atoms with Crippen LogP contribution in [-0.4, -0.2) is 24.1 Å². The number of ether oxygens (including phenoxy) is 3. The van der Waals surface area contributed by atoms with Gasteiger partial charge in [0, 0.05) is 6.92 Å². The third kappa shape index (κ3) is 6.11. The molecule has 32 heavy (non-hydrogen) atoms. The lowest BCUT2D eigenvalue weighted by Gasteiger charge is -2.15. The number of aromatic nitrogens is 1. The van der Waals surface area contributed by atoms with E-state index in [2.05, 4.69) is 15.6 Å². The van der Waals surface area contributed by atoms with E-state index in [-0.39, 0.29) is 22.4 Å². The molecule has 0 aliphatic heterocycles. The molecule has 3 rings (SSSR count). The molecular formula is C20H16F3N3O5S. The summed E-state index contributed by atoms with van der Waals surface area (Å²) in [4.78, 5) is 27.2. The zero-order valence-corrected chi connectivity index (χ0v) is 17.5. The van der Waals surface area contributed by atoms with Crippen LogP contribution < -0.4 is 24.8 Å². The number of methoxy groups -OCH3 is 1. The summed E-state index contributed by atoms with van der Waals surface area (Å²) in [7, 11) is 1.49. The number of esters is 1. The number of hydrogen-bond acceptors (Lipinski definition) is 7. The van der Waals surface area contributed by atoms with E-state index < -0.39 is 23.7 Å². The Kier molecular flexibility index (Phi) is 6.83. The van der Waals surface area contributed by atoms with Crippen LogP contribution in [0, 0.1) is 0 Å². The fourth-order valence-electron chi connectivity index (χ4n) is 2.42. The average Bonchev–Trinajstić information content (AvgIpc) is 3.14. The minimum absolute atomic E-state index is 0.0135. The van der Waals surface area contributed by atoms with Crippen LogP contribution in [-0.2, 0) is 11.0 Å². The molecule has 3 aromatic rings. The molecule has 2 N–H and O–H groups in total. The molecule has 0 spiro atoms. The molecule has 0 bridgehead atoms. The number of hydrogen-bond donors (Lipinski definition) is 2. The van der Waals surface area contributed by atoms with Crippen molar-refractivity contribution in [2.24, 2.45) is 0 Å². The van der Waals surface area contributed by atoms with Gasteiger partial charge < -0.3 is 19.5 Å². The quantitative estimate of drug-likeness (QED) is 0.463. The molecule has 0 saturated carbocycles. The van der Waals surface area contributed by atoms with Crippen LogP contribution in [0.4, 0.5) is 28.8 Å². The Morgan fingerprint density at radius 3 is 2.34 bits per heavy atom. The lowest BCUT2D eigenvalue weighted by molar-refractivity contribution is -0.137. The Labute approximate surface area is 183 Å². The topological polar surface area (TPSA) is 98.8 Å². The van der Waals surface area contributed by atoms with Gasteiger partial charge in [0.05, 0.1) is 23.7 Å². The molecule has 168 valence electrons. The number of alkyl halides is 3. The van der Waals surface area contributed by atoms with E-state index in [9.17, 15) is 22.8 Å². The van der Waals surface area contributed by atoms with Gasteiger partial charge in [-0.1, -0.05) is 0 Å². The molecule has 0 unspecified atom stereocenters. The Bertz CT molecular complexity index is 1120. The van der Waals surface area contributed by atoms with Gasteiger partial charge in [0.15, 0.2) is 10.9 Å². The molecule has 0 fully saturated rings. The first-order chi connectivity index (χ1) is 15.1. The highest BCUT2D eigenvalue weighted by atomic mass is 32.1. The van der Waals surface area contributed by atoms with Crippen molar-refractivity contribution in [2.75, 3.05) is 17.7 Å². The zero-order chi connectivity index (χ0) is 23.3. The molecule has 2 amide bonds. The van der Waals surface area contributed by atoms with Crippen LogP contribution in [0.1, 0.15) is 12.5 Å². The molecule has 12 heteroatoms. The second-order valence-corrected chi connectivity index (χ2v) is 7.01. The number of urea groups is 1. The van der Waals surface area contributed by atoms with Gasteiger partial charge in [-0.15, -0.1) is 11.3 Å². The highest BCUT2D eigenvalue weighted by molar-refractivity contribution is 7.14. The van der Waals surface area contributed by atoms with Crippen molar-refractivity contribution in [2.45, 2.75) is 13.1 Å². The summed E-state index contributed by atoms with van der Waals surface area (Å²) in [5, 5.41) is 6.15. The Balaban J connectivity index is 1.80. The molecule has 0 atom stereocenters. The van der Waals surface area contributed by atoms with Crippen LogP contribution in [0.3, 0.4) is 0 Å². The number of carbonyl (C=O) groups excluding carboxylic acids is 2. The van der Waals surface area contributed by atoms with Crippen LogP contribution in [0.5, 0.6) is 23.1 Å². The minimum Gasteiger partial charge on any atom is -0.497 e. The van der Waals surface area contributed by atoms with Gasteiger partial charge in [-0.3, -0.25) is 10.1 Å². The second-order valence-electron chi connectivity index (χ2n) is 6.15. The van der Waals surface area contributed by atoms with E-state index in [1.54, 1.807) is 24.3 Å². The van der Waals surface area contributed by atoms with Crippen molar-refractivity contribution in [3.05, 3.63) is 53.4 Å². The Morgan fingerprint density at radius 1 is 1.03 bits per heavy atom. The fourth-order valence-corrected chi connectivity index (χ4v) is 3.03. The van der Waals surface area contributed by atoms with Gasteiger partial charge >= 0.3 is 18.2 Å². The third-order valence-electron chi connectivity index (χ3n) is 3.79. The predicted octanol–water partition coefficient (Wildman–Crippen LogP) is 5.53. The second kappa shape index (κ2) is 9.56. The van der Waals surface area contributed by atoms with Crippen LogP contribution in [0.15, 0.2) is 47.8 Å². The molecule has 0 radical (unpaired) electrons. The summed E-state index contributed by atoms with van der Waals surface area (Å²) in [5.74, 6) is 0.271. The molecule has 8 nitrogen and oxygen atoms in total. The minimum atomic E-state index is -4.63. The Morgan fingerprint density at radius 2 is 1.72 bits per heavy atom. The van der Waals surface area contributed by atoms with E-state index in [1.807, 2.05) is 0 Å². The van der Waals surface area contributed by atoms with Crippen molar-refractivity contribution in [1.29, 1.82) is 0 Å². The number of amides is 2. The van der Waals surface area contributed by atoms with E-state index in [0.29, 0.717) is 11.5 Å². The summed E-state index contributed by atoms with van der Waals surface area (Å²) in [6, 6.07) is 8.18. The van der Waals surface area contributed by atoms with Crippen LogP contribution >= 0.6 is 11.3 Å². The van der Waals surface area contributed by atoms with Crippen molar-refractivity contribution in [1.82, 2.24) is 4.98 Å². The first kappa shape index (κ1) is 22.9. The van der Waals surface area contributed by atoms with Crippen molar-refractivity contribution in [3.8, 4) is 23.1 Å². The van der Waals surface area contributed by atoms with Gasteiger partial charge in [0.1, 0.15) is 11.5 Å². The number of nitrogens with one attached hydrogen (secondary N) is 2. The third-order valence-corrected chi connectivity index (χ3v) is 4.53. The number of halogens is 3. The van der Waals surface area contributed by atoms with Gasteiger partial charge in [-0.2, -0.15) is 18.2 Å². The van der Waals surface area contributed by atoms with Gasteiger partial charge in [-0.05, 0) is 42.5 Å². The molecule has 0 saturated heterocycles.